The van der Waals surface area contributed by atoms with Crippen LogP contribution in [0.1, 0.15) is 39.7 Å². The molecule has 0 radical (unpaired) electrons. The van der Waals surface area contributed by atoms with Gasteiger partial charge in [0.15, 0.2) is 0 Å². The van der Waals surface area contributed by atoms with Gasteiger partial charge in [0.25, 0.3) is 0 Å². The normalized spacial score (nSPS) is 11.2. The lowest BCUT2D eigenvalue weighted by Crippen LogP contribution is -2.39. The van der Waals surface area contributed by atoms with Crippen LogP contribution in [0.25, 0.3) is 0 Å². The third kappa shape index (κ3) is 7.08. The molecule has 1 N–H and O–H groups in total. The van der Waals surface area contributed by atoms with E-state index in [2.05, 4.69) is 38.2 Å². The fourth-order valence-corrected chi connectivity index (χ4v) is 2.77. The summed E-state index contributed by atoms with van der Waals surface area (Å²) in [5, 5.41) is 2.77. The number of nitrogens with one attached hydrogen (secondary N) is 1. The Balaban J connectivity index is 2.45. The van der Waals surface area contributed by atoms with Crippen molar-refractivity contribution in [2.45, 2.75) is 44.4 Å². The maximum Gasteiger partial charge on any atom is 0.239 e. The Morgan fingerprint density at radius 3 is 2.30 bits per heavy atom. The fourth-order valence-electron chi connectivity index (χ4n) is 1.93. The van der Waals surface area contributed by atoms with Gasteiger partial charge in [-0.1, -0.05) is 39.8 Å². The maximum atomic E-state index is 12.1. The lowest BCUT2D eigenvalue weighted by atomic mass is 9.87. The third-order valence-corrected chi connectivity index (χ3v) is 4.46. The number of carbonyl (C=O) groups excluding carboxylic acids is 2. The number of hydrogen-bond acceptors (Lipinski definition) is 3. The Labute approximate surface area is 144 Å². The number of amides is 2. The second-order valence-corrected chi connectivity index (χ2v) is 7.71. The van der Waals surface area contributed by atoms with E-state index < -0.39 is 0 Å². The Bertz CT molecular complexity index is 521. The number of thioether (sulfide) groups is 1. The van der Waals surface area contributed by atoms with Gasteiger partial charge in [0, 0.05) is 18.5 Å². The molecule has 5 heteroatoms. The average molecular weight is 337 g/mol. The summed E-state index contributed by atoms with van der Waals surface area (Å²) < 4.78 is 0. The predicted molar refractivity (Wildman–Crippen MR) is 96.8 cm³/mol. The van der Waals surface area contributed by atoms with Crippen LogP contribution in [0.5, 0.6) is 0 Å². The summed E-state index contributed by atoms with van der Waals surface area (Å²) in [6, 6.07) is 8.31. The molecule has 4 nitrogen and oxygen atoms in total. The molecule has 0 aliphatic heterocycles. The topological polar surface area (TPSA) is 49.4 Å². The zero-order chi connectivity index (χ0) is 17.5. The van der Waals surface area contributed by atoms with Crippen LogP contribution < -0.4 is 5.32 Å². The number of nitrogens with zero attached hydrogens (tertiary/aromatic N) is 1. The second-order valence-electron chi connectivity index (χ2n) is 6.66. The highest BCUT2D eigenvalue weighted by Gasteiger charge is 2.15. The van der Waals surface area contributed by atoms with Gasteiger partial charge in [0.2, 0.25) is 11.8 Å². The molecule has 0 aliphatic rings. The first-order chi connectivity index (χ1) is 10.7. The first-order valence-electron chi connectivity index (χ1n) is 7.98. The van der Waals surface area contributed by atoms with Crippen LogP contribution >= 0.6 is 11.8 Å². The number of rotatable bonds is 7. The van der Waals surface area contributed by atoms with Crippen molar-refractivity contribution in [3.05, 3.63) is 29.8 Å². The molecule has 0 spiro atoms. The van der Waals surface area contributed by atoms with E-state index >= 15 is 0 Å². The molecule has 0 saturated heterocycles. The van der Waals surface area contributed by atoms with E-state index in [4.69, 9.17) is 0 Å². The minimum atomic E-state index is -0.109. The van der Waals surface area contributed by atoms with Crippen LogP contribution in [0.4, 0.5) is 0 Å². The van der Waals surface area contributed by atoms with Gasteiger partial charge in [0.05, 0.1) is 12.3 Å². The molecule has 0 fully saturated rings. The largest absolute Gasteiger partial charge is 0.355 e. The highest BCUT2D eigenvalue weighted by Crippen LogP contribution is 2.25. The number of carbonyl (C=O) groups is 2. The minimum absolute atomic E-state index is 0.0402. The Hall–Kier alpha value is -1.49. The summed E-state index contributed by atoms with van der Waals surface area (Å²) in [7, 11) is 1.66. The molecular formula is C18H28N2O2S. The van der Waals surface area contributed by atoms with Crippen LogP contribution in [-0.4, -0.2) is 42.6 Å². The van der Waals surface area contributed by atoms with Crippen LogP contribution in [0.15, 0.2) is 29.2 Å². The lowest BCUT2D eigenvalue weighted by Gasteiger charge is -2.19. The summed E-state index contributed by atoms with van der Waals surface area (Å²) in [4.78, 5) is 26.2. The van der Waals surface area contributed by atoms with E-state index in [9.17, 15) is 9.59 Å². The van der Waals surface area contributed by atoms with Crippen molar-refractivity contribution >= 4 is 23.6 Å². The first kappa shape index (κ1) is 19.6. The van der Waals surface area contributed by atoms with Gasteiger partial charge < -0.3 is 10.2 Å². The Morgan fingerprint density at radius 2 is 1.78 bits per heavy atom. The van der Waals surface area contributed by atoms with Crippen molar-refractivity contribution in [1.29, 1.82) is 0 Å². The molecule has 0 bridgehead atoms. The number of hydrogen-bond donors (Lipinski definition) is 1. The Kier molecular flexibility index (Phi) is 7.62. The quantitative estimate of drug-likeness (QED) is 0.779. The van der Waals surface area contributed by atoms with Gasteiger partial charge >= 0.3 is 0 Å². The zero-order valence-corrected chi connectivity index (χ0v) is 15.6. The molecule has 0 aromatic heterocycles. The Morgan fingerprint density at radius 1 is 1.17 bits per heavy atom. The second kappa shape index (κ2) is 8.96. The van der Waals surface area contributed by atoms with Crippen molar-refractivity contribution in [2.75, 3.05) is 25.9 Å². The number of likely N-dealkylation sites (N-methyl/N-ethyl adjacent to an activating group) is 1. The molecule has 0 unspecified atom stereocenters. The molecule has 0 atom stereocenters. The first-order valence-corrected chi connectivity index (χ1v) is 8.96. The van der Waals surface area contributed by atoms with Crippen LogP contribution in [-0.2, 0) is 15.0 Å². The highest BCUT2D eigenvalue weighted by molar-refractivity contribution is 8.00. The molecule has 1 rings (SSSR count). The molecule has 0 aliphatic carbocycles. The summed E-state index contributed by atoms with van der Waals surface area (Å²) in [6.07, 6.45) is 0.893. The SMILES string of the molecule is CCCNC(=O)CN(C)C(=O)CSc1ccc(C(C)(C)C)cc1. The van der Waals surface area contributed by atoms with E-state index in [0.29, 0.717) is 12.3 Å². The molecule has 2 amide bonds. The smallest absolute Gasteiger partial charge is 0.239 e. The third-order valence-electron chi connectivity index (χ3n) is 3.46. The lowest BCUT2D eigenvalue weighted by molar-refractivity contribution is -0.132. The summed E-state index contributed by atoms with van der Waals surface area (Å²) in [6.45, 7) is 9.29. The van der Waals surface area contributed by atoms with Gasteiger partial charge in [-0.15, -0.1) is 11.8 Å². The van der Waals surface area contributed by atoms with Crippen molar-refractivity contribution in [3.63, 3.8) is 0 Å². The standard InChI is InChI=1S/C18H28N2O2S/c1-6-11-19-16(21)12-20(5)17(22)13-23-15-9-7-14(8-10-15)18(2,3)4/h7-10H,6,11-13H2,1-5H3,(H,19,21). The summed E-state index contributed by atoms with van der Waals surface area (Å²) in [5.41, 5.74) is 1.41. The van der Waals surface area contributed by atoms with Gasteiger partial charge in [-0.25, -0.2) is 0 Å². The number of benzene rings is 1. The molecule has 0 saturated carbocycles. The molecule has 128 valence electrons. The molecule has 0 heterocycles. The van der Waals surface area contributed by atoms with E-state index in [1.807, 2.05) is 19.1 Å². The van der Waals surface area contributed by atoms with E-state index in [0.717, 1.165) is 11.3 Å². The molecule has 23 heavy (non-hydrogen) atoms. The van der Waals surface area contributed by atoms with E-state index in [-0.39, 0.29) is 23.8 Å². The van der Waals surface area contributed by atoms with Crippen molar-refractivity contribution in [2.24, 2.45) is 0 Å². The van der Waals surface area contributed by atoms with Crippen LogP contribution in [0.3, 0.4) is 0 Å². The predicted octanol–water partition coefficient (Wildman–Crippen LogP) is 3.06. The monoisotopic (exact) mass is 336 g/mol. The van der Waals surface area contributed by atoms with Crippen molar-refractivity contribution in [3.8, 4) is 0 Å². The van der Waals surface area contributed by atoms with Crippen molar-refractivity contribution in [1.82, 2.24) is 10.2 Å². The van der Waals surface area contributed by atoms with E-state index in [1.54, 1.807) is 7.05 Å². The van der Waals surface area contributed by atoms with Crippen LogP contribution in [0.2, 0.25) is 0 Å². The van der Waals surface area contributed by atoms with E-state index in [1.165, 1.54) is 22.2 Å². The summed E-state index contributed by atoms with van der Waals surface area (Å²) >= 11 is 1.50. The van der Waals surface area contributed by atoms with Crippen LogP contribution in [0, 0.1) is 0 Å². The fraction of sp³-hybridized carbons (Fsp3) is 0.556. The van der Waals surface area contributed by atoms with Gasteiger partial charge in [-0.2, -0.15) is 0 Å². The zero-order valence-electron chi connectivity index (χ0n) is 14.8. The molecule has 1 aromatic carbocycles. The van der Waals surface area contributed by atoms with Crippen molar-refractivity contribution < 1.29 is 9.59 Å². The average Bonchev–Trinajstić information content (AvgIpc) is 2.50. The summed E-state index contributed by atoms with van der Waals surface area (Å²) in [5.74, 6) is 0.190. The molecular weight excluding hydrogens is 308 g/mol. The minimum Gasteiger partial charge on any atom is -0.355 e. The molecule has 1 aromatic rings. The maximum absolute atomic E-state index is 12.1. The van der Waals surface area contributed by atoms with Gasteiger partial charge in [-0.3, -0.25) is 9.59 Å². The van der Waals surface area contributed by atoms with Gasteiger partial charge in [-0.05, 0) is 29.5 Å². The van der Waals surface area contributed by atoms with Gasteiger partial charge in [0.1, 0.15) is 0 Å². The highest BCUT2D eigenvalue weighted by atomic mass is 32.2.